The highest BCUT2D eigenvalue weighted by Gasteiger charge is 2.49. The molecule has 0 bridgehead atoms. The highest BCUT2D eigenvalue weighted by atomic mass is 16.3. The van der Waals surface area contributed by atoms with Crippen LogP contribution in [0.25, 0.3) is 0 Å². The third-order valence-electron chi connectivity index (χ3n) is 9.77. The van der Waals surface area contributed by atoms with E-state index in [0.717, 1.165) is 25.7 Å². The van der Waals surface area contributed by atoms with Gasteiger partial charge in [-0.25, -0.2) is 0 Å². The van der Waals surface area contributed by atoms with Crippen LogP contribution in [0, 0.1) is 0 Å². The summed E-state index contributed by atoms with van der Waals surface area (Å²) in [4.78, 5) is 42.1. The molecule has 4 aromatic rings. The van der Waals surface area contributed by atoms with Crippen molar-refractivity contribution in [1.82, 2.24) is 0 Å². The lowest BCUT2D eigenvalue weighted by Gasteiger charge is -2.40. The van der Waals surface area contributed by atoms with E-state index in [-0.39, 0.29) is 17.3 Å². The number of benzene rings is 4. The number of hydrogen-bond acceptors (Lipinski definition) is 5. The van der Waals surface area contributed by atoms with Crippen LogP contribution < -0.4 is 0 Å². The zero-order valence-electron chi connectivity index (χ0n) is 24.8. The van der Waals surface area contributed by atoms with Crippen molar-refractivity contribution in [1.29, 1.82) is 0 Å². The predicted molar refractivity (Wildman–Crippen MR) is 170 cm³/mol. The van der Waals surface area contributed by atoms with E-state index in [1.54, 1.807) is 72.8 Å². The summed E-state index contributed by atoms with van der Waals surface area (Å²) >= 11 is 0. The van der Waals surface area contributed by atoms with Gasteiger partial charge < -0.3 is 10.2 Å². The lowest BCUT2D eigenvalue weighted by Crippen LogP contribution is -2.47. The molecule has 4 atom stereocenters. The Bertz CT molecular complexity index is 1540. The third-order valence-corrected chi connectivity index (χ3v) is 9.77. The van der Waals surface area contributed by atoms with Crippen molar-refractivity contribution >= 4 is 17.3 Å². The summed E-state index contributed by atoms with van der Waals surface area (Å²) in [5.41, 5.74) is -0.204. The van der Waals surface area contributed by atoms with Gasteiger partial charge in [0.05, 0.1) is 0 Å². The molecule has 4 aromatic carbocycles. The summed E-state index contributed by atoms with van der Waals surface area (Å²) in [7, 11) is 0. The topological polar surface area (TPSA) is 91.7 Å². The molecule has 2 saturated carbocycles. The molecule has 5 heteroatoms. The average Bonchev–Trinajstić information content (AvgIpc) is 3.08. The molecule has 0 amide bonds. The Morgan fingerprint density at radius 1 is 0.500 bits per heavy atom. The molecule has 0 aromatic heterocycles. The fourth-order valence-corrected chi connectivity index (χ4v) is 7.52. The van der Waals surface area contributed by atoms with Gasteiger partial charge in [0.1, 0.15) is 11.2 Å². The Balaban J connectivity index is 1.40. The van der Waals surface area contributed by atoms with Gasteiger partial charge >= 0.3 is 0 Å². The van der Waals surface area contributed by atoms with Gasteiger partial charge in [0.15, 0.2) is 17.3 Å². The van der Waals surface area contributed by atoms with Crippen LogP contribution in [0.5, 0.6) is 0 Å². The van der Waals surface area contributed by atoms with Crippen LogP contribution in [0.15, 0.2) is 109 Å². The first kappa shape index (κ1) is 29.9. The van der Waals surface area contributed by atoms with Crippen molar-refractivity contribution in [2.45, 2.75) is 74.4 Å². The summed E-state index contributed by atoms with van der Waals surface area (Å²) in [6.07, 6.45) is 4.92. The first-order chi connectivity index (χ1) is 21.3. The molecule has 44 heavy (non-hydrogen) atoms. The van der Waals surface area contributed by atoms with E-state index in [9.17, 15) is 24.6 Å². The summed E-state index contributed by atoms with van der Waals surface area (Å²) in [5.74, 6) is -1.99. The van der Waals surface area contributed by atoms with Gasteiger partial charge in [-0.2, -0.15) is 0 Å². The minimum atomic E-state index is -1.64. The molecule has 0 radical (unpaired) electrons. The van der Waals surface area contributed by atoms with Crippen LogP contribution in [-0.2, 0) is 0 Å². The van der Waals surface area contributed by atoms with E-state index in [1.807, 2.05) is 36.4 Å². The van der Waals surface area contributed by atoms with Crippen LogP contribution in [-0.4, -0.2) is 38.8 Å². The molecule has 2 aliphatic carbocycles. The number of ketones is 3. The van der Waals surface area contributed by atoms with Crippen LogP contribution >= 0.6 is 0 Å². The van der Waals surface area contributed by atoms with Crippen LogP contribution in [0.3, 0.4) is 0 Å². The molecular formula is C39H38O5. The monoisotopic (exact) mass is 586 g/mol. The predicted octanol–water partition coefficient (Wildman–Crippen LogP) is 7.46. The number of aliphatic hydroxyl groups is 2. The largest absolute Gasteiger partial charge is 0.381 e. The van der Waals surface area contributed by atoms with E-state index < -0.39 is 23.0 Å². The normalized spacial score (nSPS) is 25.2. The number of Topliss-reactive ketones (excluding diaryl/α,β-unsaturated/α-hetero) is 2. The van der Waals surface area contributed by atoms with Gasteiger partial charge in [0.25, 0.3) is 0 Å². The van der Waals surface area contributed by atoms with Crippen LogP contribution in [0.4, 0.5) is 0 Å². The third kappa shape index (κ3) is 5.36. The van der Waals surface area contributed by atoms with Gasteiger partial charge in [0.2, 0.25) is 0 Å². The molecule has 224 valence electrons. The fourth-order valence-electron chi connectivity index (χ4n) is 7.52. The number of rotatable bonds is 8. The molecule has 2 aliphatic rings. The van der Waals surface area contributed by atoms with Gasteiger partial charge in [0, 0.05) is 34.1 Å². The van der Waals surface area contributed by atoms with Crippen molar-refractivity contribution in [3.05, 3.63) is 143 Å². The van der Waals surface area contributed by atoms with Gasteiger partial charge in [-0.15, -0.1) is 0 Å². The Hall–Kier alpha value is -4.19. The van der Waals surface area contributed by atoms with E-state index in [2.05, 4.69) is 0 Å². The van der Waals surface area contributed by atoms with Crippen molar-refractivity contribution in [2.24, 2.45) is 0 Å². The SMILES string of the molecule is O=C(c1ccccc1C1CCCCC1(O)C(=O)c1ccccc1)c1ccccc1C1CCCCC1(O)C(=O)c1ccccc1. The molecule has 5 nitrogen and oxygen atoms in total. The molecular weight excluding hydrogens is 548 g/mol. The second kappa shape index (κ2) is 12.4. The molecule has 2 N–H and O–H groups in total. The summed E-state index contributed by atoms with van der Waals surface area (Å²) in [6.45, 7) is 0. The van der Waals surface area contributed by atoms with Crippen molar-refractivity contribution in [3.8, 4) is 0 Å². The van der Waals surface area contributed by atoms with E-state index in [4.69, 9.17) is 0 Å². The molecule has 6 rings (SSSR count). The van der Waals surface area contributed by atoms with Gasteiger partial charge in [-0.3, -0.25) is 14.4 Å². The van der Waals surface area contributed by atoms with E-state index in [1.165, 1.54) is 0 Å². The van der Waals surface area contributed by atoms with Crippen LogP contribution in [0.1, 0.15) is 111 Å². The minimum absolute atomic E-state index is 0.239. The van der Waals surface area contributed by atoms with Crippen molar-refractivity contribution in [2.75, 3.05) is 0 Å². The first-order valence-electron chi connectivity index (χ1n) is 15.7. The average molecular weight is 587 g/mol. The zero-order valence-corrected chi connectivity index (χ0v) is 24.8. The number of carbonyl (C=O) groups excluding carboxylic acids is 3. The van der Waals surface area contributed by atoms with Gasteiger partial charge in [-0.05, 0) is 36.8 Å². The van der Waals surface area contributed by atoms with Crippen molar-refractivity contribution < 1.29 is 24.6 Å². The molecule has 0 heterocycles. The van der Waals surface area contributed by atoms with Crippen molar-refractivity contribution in [3.63, 3.8) is 0 Å². The van der Waals surface area contributed by atoms with Crippen LogP contribution in [0.2, 0.25) is 0 Å². The zero-order chi connectivity index (χ0) is 30.7. The Labute approximate surface area is 258 Å². The lowest BCUT2D eigenvalue weighted by atomic mass is 9.66. The lowest BCUT2D eigenvalue weighted by molar-refractivity contribution is -0.00267. The molecule has 2 fully saturated rings. The second-order valence-electron chi connectivity index (χ2n) is 12.3. The Morgan fingerprint density at radius 3 is 1.27 bits per heavy atom. The molecule has 0 aliphatic heterocycles. The fraction of sp³-hybridized carbons (Fsp3) is 0.308. The van der Waals surface area contributed by atoms with Gasteiger partial charge in [-0.1, -0.05) is 135 Å². The molecule has 0 spiro atoms. The second-order valence-corrected chi connectivity index (χ2v) is 12.3. The minimum Gasteiger partial charge on any atom is -0.381 e. The first-order valence-corrected chi connectivity index (χ1v) is 15.7. The summed E-state index contributed by atoms with van der Waals surface area (Å²) in [6, 6.07) is 32.3. The maximum Gasteiger partial charge on any atom is 0.194 e. The maximum atomic E-state index is 14.5. The Kier molecular flexibility index (Phi) is 8.44. The maximum absolute atomic E-state index is 14.5. The number of hydrogen-bond donors (Lipinski definition) is 2. The summed E-state index contributed by atoms with van der Waals surface area (Å²) < 4.78 is 0. The Morgan fingerprint density at radius 2 is 0.864 bits per heavy atom. The quantitative estimate of drug-likeness (QED) is 0.209. The highest BCUT2D eigenvalue weighted by Crippen LogP contribution is 2.46. The smallest absolute Gasteiger partial charge is 0.194 e. The summed E-state index contributed by atoms with van der Waals surface area (Å²) in [5, 5.41) is 24.1. The standard InChI is InChI=1S/C39H38O5/c40-35(31-21-9-7-19-29(31)33-23-11-13-25-38(33,43)36(41)27-15-3-1-4-16-27)32-22-10-8-20-30(32)34-24-12-14-26-39(34,44)37(42)28-17-5-2-6-18-28/h1-10,15-22,33-34,43-44H,11-14,23-26H2. The molecule has 0 saturated heterocycles. The van der Waals surface area contributed by atoms with E-state index >= 15 is 0 Å². The molecule has 4 unspecified atom stereocenters. The number of carbonyl (C=O) groups is 3. The highest BCUT2D eigenvalue weighted by molar-refractivity contribution is 6.12. The van der Waals surface area contributed by atoms with E-state index in [0.29, 0.717) is 59.1 Å².